The summed E-state index contributed by atoms with van der Waals surface area (Å²) in [7, 11) is 0. The molecule has 0 saturated carbocycles. The first-order valence-electron chi connectivity index (χ1n) is 4.50. The Morgan fingerprint density at radius 1 is 1.77 bits per heavy atom. The average molecular weight is 201 g/mol. The highest BCUT2D eigenvalue weighted by Crippen LogP contribution is 2.36. The second kappa shape index (κ2) is 4.85. The summed E-state index contributed by atoms with van der Waals surface area (Å²) in [5.74, 6) is 0.760. The fourth-order valence-electron chi connectivity index (χ4n) is 1.40. The molecule has 1 rings (SSSR count). The van der Waals surface area contributed by atoms with Crippen LogP contribution in [0.1, 0.15) is 19.8 Å². The Kier molecular flexibility index (Phi) is 4.04. The van der Waals surface area contributed by atoms with Crippen LogP contribution in [0.5, 0.6) is 0 Å². The third kappa shape index (κ3) is 2.87. The molecule has 1 aliphatic heterocycles. The van der Waals surface area contributed by atoms with Gasteiger partial charge in [0.25, 0.3) is 0 Å². The van der Waals surface area contributed by atoms with Crippen molar-refractivity contribution in [3.05, 3.63) is 0 Å². The van der Waals surface area contributed by atoms with Crippen LogP contribution in [0.25, 0.3) is 0 Å². The quantitative estimate of drug-likeness (QED) is 0.694. The normalized spacial score (nSPS) is 33.2. The van der Waals surface area contributed by atoms with Gasteiger partial charge in [-0.05, 0) is 6.42 Å². The lowest BCUT2D eigenvalue weighted by Crippen LogP contribution is -2.31. The molecule has 0 bridgehead atoms. The van der Waals surface area contributed by atoms with Crippen molar-refractivity contribution in [1.82, 2.24) is 0 Å². The third-order valence-electron chi connectivity index (χ3n) is 2.10. The molecule has 4 heteroatoms. The molecule has 1 N–H and O–H groups in total. The van der Waals surface area contributed by atoms with E-state index in [1.807, 2.05) is 0 Å². The zero-order chi connectivity index (χ0) is 9.73. The molecule has 1 saturated heterocycles. The molecule has 0 radical (unpaired) electrons. The molecule has 1 aliphatic rings. The topological polar surface area (TPSA) is 53.2 Å². The van der Waals surface area contributed by atoms with E-state index in [2.05, 4.69) is 13.0 Å². The van der Waals surface area contributed by atoms with Crippen LogP contribution < -0.4 is 0 Å². The summed E-state index contributed by atoms with van der Waals surface area (Å²) in [5.41, 5.74) is -0.584. The van der Waals surface area contributed by atoms with Gasteiger partial charge in [-0.1, -0.05) is 6.92 Å². The number of nitriles is 1. The van der Waals surface area contributed by atoms with E-state index in [-0.39, 0.29) is 6.61 Å². The highest BCUT2D eigenvalue weighted by Gasteiger charge is 2.39. The average Bonchev–Trinajstić information content (AvgIpc) is 2.49. The highest BCUT2D eigenvalue weighted by atomic mass is 32.2. The van der Waals surface area contributed by atoms with Gasteiger partial charge in [0, 0.05) is 24.0 Å². The molecule has 0 amide bonds. The van der Waals surface area contributed by atoms with E-state index in [1.54, 1.807) is 11.8 Å². The SMILES string of the molecule is CC1CC(C#N)(OCCCO)CS1. The summed E-state index contributed by atoms with van der Waals surface area (Å²) in [6.45, 7) is 2.72. The number of thioether (sulfide) groups is 1. The van der Waals surface area contributed by atoms with Crippen LogP contribution in [0.3, 0.4) is 0 Å². The molecule has 0 aromatic rings. The lowest BCUT2D eigenvalue weighted by Gasteiger charge is -2.20. The Morgan fingerprint density at radius 2 is 2.54 bits per heavy atom. The highest BCUT2D eigenvalue weighted by molar-refractivity contribution is 8.00. The van der Waals surface area contributed by atoms with Crippen LogP contribution in [0.2, 0.25) is 0 Å². The van der Waals surface area contributed by atoms with Gasteiger partial charge in [0.2, 0.25) is 0 Å². The van der Waals surface area contributed by atoms with Crippen LogP contribution in [0.15, 0.2) is 0 Å². The fraction of sp³-hybridized carbons (Fsp3) is 0.889. The van der Waals surface area contributed by atoms with Gasteiger partial charge in [-0.2, -0.15) is 17.0 Å². The molecule has 74 valence electrons. The largest absolute Gasteiger partial charge is 0.396 e. The lowest BCUT2D eigenvalue weighted by atomic mass is 10.0. The number of ether oxygens (including phenoxy) is 1. The molecule has 0 aliphatic carbocycles. The van der Waals surface area contributed by atoms with Crippen molar-refractivity contribution >= 4 is 11.8 Å². The maximum atomic E-state index is 8.98. The van der Waals surface area contributed by atoms with Crippen LogP contribution in [0, 0.1) is 11.3 Å². The lowest BCUT2D eigenvalue weighted by molar-refractivity contribution is 0.00774. The van der Waals surface area contributed by atoms with E-state index in [4.69, 9.17) is 15.1 Å². The van der Waals surface area contributed by atoms with Crippen molar-refractivity contribution in [2.45, 2.75) is 30.6 Å². The third-order valence-corrected chi connectivity index (χ3v) is 3.47. The second-order valence-electron chi connectivity index (χ2n) is 3.36. The zero-order valence-electron chi connectivity index (χ0n) is 7.82. The summed E-state index contributed by atoms with van der Waals surface area (Å²) in [6, 6.07) is 2.24. The first-order chi connectivity index (χ1) is 6.22. The van der Waals surface area contributed by atoms with Gasteiger partial charge >= 0.3 is 0 Å². The molecule has 2 unspecified atom stereocenters. The molecule has 0 aromatic heterocycles. The summed E-state index contributed by atoms with van der Waals surface area (Å²) in [6.07, 6.45) is 1.42. The molecule has 0 aromatic carbocycles. The van der Waals surface area contributed by atoms with Crippen molar-refractivity contribution in [3.63, 3.8) is 0 Å². The number of rotatable bonds is 4. The van der Waals surface area contributed by atoms with Crippen LogP contribution >= 0.6 is 11.8 Å². The monoisotopic (exact) mass is 201 g/mol. The zero-order valence-corrected chi connectivity index (χ0v) is 8.64. The Bertz CT molecular complexity index is 204. The van der Waals surface area contributed by atoms with E-state index < -0.39 is 5.60 Å². The van der Waals surface area contributed by atoms with Crippen LogP contribution in [0.4, 0.5) is 0 Å². The fourth-order valence-corrected chi connectivity index (χ4v) is 2.61. The summed E-state index contributed by atoms with van der Waals surface area (Å²) in [4.78, 5) is 0. The molecule has 1 fully saturated rings. The minimum Gasteiger partial charge on any atom is -0.396 e. The smallest absolute Gasteiger partial charge is 0.164 e. The molecule has 3 nitrogen and oxygen atoms in total. The van der Waals surface area contributed by atoms with Crippen LogP contribution in [-0.2, 0) is 4.74 Å². The van der Waals surface area contributed by atoms with Crippen molar-refractivity contribution in [3.8, 4) is 6.07 Å². The van der Waals surface area contributed by atoms with Gasteiger partial charge < -0.3 is 9.84 Å². The molecular formula is C9H15NO2S. The van der Waals surface area contributed by atoms with Crippen molar-refractivity contribution in [2.24, 2.45) is 0 Å². The standard InChI is InChI=1S/C9H15NO2S/c1-8-5-9(6-10,7-13-8)12-4-2-3-11/h8,11H,2-5,7H2,1H3. The van der Waals surface area contributed by atoms with E-state index in [9.17, 15) is 0 Å². The van der Waals surface area contributed by atoms with Crippen molar-refractivity contribution < 1.29 is 9.84 Å². The van der Waals surface area contributed by atoms with Crippen molar-refractivity contribution in [2.75, 3.05) is 19.0 Å². The summed E-state index contributed by atoms with van der Waals surface area (Å²) in [5, 5.41) is 18.1. The van der Waals surface area contributed by atoms with E-state index in [1.165, 1.54) is 0 Å². The molecule has 13 heavy (non-hydrogen) atoms. The minimum atomic E-state index is -0.584. The Labute approximate surface area is 83.1 Å². The first-order valence-corrected chi connectivity index (χ1v) is 5.55. The van der Waals surface area contributed by atoms with E-state index in [0.29, 0.717) is 18.3 Å². The molecule has 0 spiro atoms. The molecular weight excluding hydrogens is 186 g/mol. The Balaban J connectivity index is 2.38. The molecule has 1 heterocycles. The maximum absolute atomic E-state index is 8.98. The number of aliphatic hydroxyl groups is 1. The number of nitrogens with zero attached hydrogens (tertiary/aromatic N) is 1. The summed E-state index contributed by atoms with van der Waals surface area (Å²) >= 11 is 1.78. The van der Waals surface area contributed by atoms with Crippen molar-refractivity contribution in [1.29, 1.82) is 5.26 Å². The number of aliphatic hydroxyl groups excluding tert-OH is 1. The van der Waals surface area contributed by atoms with E-state index >= 15 is 0 Å². The van der Waals surface area contributed by atoms with Gasteiger partial charge in [-0.15, -0.1) is 0 Å². The Morgan fingerprint density at radius 3 is 3.00 bits per heavy atom. The second-order valence-corrected chi connectivity index (χ2v) is 4.78. The van der Waals surface area contributed by atoms with Crippen LogP contribution in [-0.4, -0.2) is 34.9 Å². The number of hydrogen-bond donors (Lipinski definition) is 1. The maximum Gasteiger partial charge on any atom is 0.164 e. The van der Waals surface area contributed by atoms with Gasteiger partial charge in [0.15, 0.2) is 5.60 Å². The predicted octanol–water partition coefficient (Wildman–Crippen LogP) is 1.17. The van der Waals surface area contributed by atoms with Gasteiger partial charge in [-0.3, -0.25) is 0 Å². The Hall–Kier alpha value is -0.240. The van der Waals surface area contributed by atoms with Gasteiger partial charge in [-0.25, -0.2) is 0 Å². The molecule has 2 atom stereocenters. The van der Waals surface area contributed by atoms with E-state index in [0.717, 1.165) is 12.2 Å². The van der Waals surface area contributed by atoms with Gasteiger partial charge in [0.1, 0.15) is 0 Å². The summed E-state index contributed by atoms with van der Waals surface area (Å²) < 4.78 is 5.51. The number of hydrogen-bond acceptors (Lipinski definition) is 4. The first kappa shape index (κ1) is 10.8. The van der Waals surface area contributed by atoms with Gasteiger partial charge in [0.05, 0.1) is 12.7 Å². The predicted molar refractivity (Wildman–Crippen MR) is 52.5 cm³/mol. The minimum absolute atomic E-state index is 0.129.